The number of carbonyl (C=O) groups is 2. The zero-order valence-corrected chi connectivity index (χ0v) is 24.9. The molecule has 6 rings (SSSR count). The summed E-state index contributed by atoms with van der Waals surface area (Å²) in [7, 11) is 0. The number of amides is 2. The molecular weight excluding hydrogens is 542 g/mol. The third kappa shape index (κ3) is 6.61. The molecule has 0 aliphatic carbocycles. The van der Waals surface area contributed by atoms with Crippen LogP contribution >= 0.6 is 0 Å². The second kappa shape index (κ2) is 12.0. The number of rotatable bonds is 7. The highest BCUT2D eigenvalue weighted by Gasteiger charge is 2.25. The van der Waals surface area contributed by atoms with Crippen LogP contribution in [0.3, 0.4) is 0 Å². The molecule has 11 heteroatoms. The maximum absolute atomic E-state index is 13.1. The molecular formula is C32H39N9O2. The van der Waals surface area contributed by atoms with Crippen LogP contribution in [0.4, 0.5) is 17.5 Å². The predicted molar refractivity (Wildman–Crippen MR) is 167 cm³/mol. The molecule has 0 bridgehead atoms. The van der Waals surface area contributed by atoms with Gasteiger partial charge in [-0.3, -0.25) is 9.59 Å². The molecule has 4 aromatic rings. The number of nitrogens with zero attached hydrogens (tertiary/aromatic N) is 5. The first-order chi connectivity index (χ1) is 20.7. The van der Waals surface area contributed by atoms with E-state index in [1.165, 1.54) is 5.56 Å². The van der Waals surface area contributed by atoms with E-state index in [4.69, 9.17) is 10.1 Å². The fourth-order valence-corrected chi connectivity index (χ4v) is 5.59. The predicted octanol–water partition coefficient (Wildman–Crippen LogP) is 3.66. The first-order valence-electron chi connectivity index (χ1n) is 15.0. The van der Waals surface area contributed by atoms with Crippen LogP contribution in [0.2, 0.25) is 0 Å². The van der Waals surface area contributed by atoms with Crippen LogP contribution in [0.5, 0.6) is 0 Å². The van der Waals surface area contributed by atoms with Gasteiger partial charge < -0.3 is 26.2 Å². The monoisotopic (exact) mass is 581 g/mol. The first-order valence-corrected chi connectivity index (χ1v) is 15.0. The molecule has 2 fully saturated rings. The standard InChI is InChI=1S/C32H39N9O2/c1-32(2,3)23-10-6-21(7-11-23)30(43)37-26-5-4-17-40(20-26)31-38-27(28-34-16-18-41(28)39-31)35-24-12-8-22(9-13-24)29(42)36-25-14-15-33-19-25/h6-13,16,18,25-26,33H,4-5,14-15,17,19-20H2,1-3H3,(H,36,42)(H,37,43)(H,35,38,39)/t25-,26-/m1/s1. The SMILES string of the molecule is CC(C)(C)c1ccc(C(=O)N[C@@H]2CCCN(c3nc(Nc4ccc(C(=O)N[C@@H]5CCNC5)cc4)c4nccn4n3)C2)cc1. The lowest BCUT2D eigenvalue weighted by atomic mass is 9.86. The van der Waals surface area contributed by atoms with E-state index < -0.39 is 0 Å². The van der Waals surface area contributed by atoms with Gasteiger partial charge in [0, 0.05) is 60.9 Å². The number of imidazole rings is 1. The maximum atomic E-state index is 13.1. The van der Waals surface area contributed by atoms with Gasteiger partial charge in [-0.05, 0) is 73.2 Å². The number of fused-ring (bicyclic) bond motifs is 1. The smallest absolute Gasteiger partial charge is 0.251 e. The van der Waals surface area contributed by atoms with Crippen molar-refractivity contribution in [2.45, 2.75) is 57.5 Å². The summed E-state index contributed by atoms with van der Waals surface area (Å²) in [5.41, 5.74) is 3.89. The molecule has 0 spiro atoms. The molecule has 4 heterocycles. The summed E-state index contributed by atoms with van der Waals surface area (Å²) < 4.78 is 1.71. The summed E-state index contributed by atoms with van der Waals surface area (Å²) in [5, 5.41) is 17.6. The van der Waals surface area contributed by atoms with E-state index in [0.29, 0.717) is 35.1 Å². The van der Waals surface area contributed by atoms with Gasteiger partial charge in [-0.2, -0.15) is 4.98 Å². The Balaban J connectivity index is 1.13. The van der Waals surface area contributed by atoms with Gasteiger partial charge in [-0.1, -0.05) is 32.9 Å². The van der Waals surface area contributed by atoms with Gasteiger partial charge in [0.2, 0.25) is 5.95 Å². The summed E-state index contributed by atoms with van der Waals surface area (Å²) in [6.07, 6.45) is 6.22. The van der Waals surface area contributed by atoms with Gasteiger partial charge in [0.1, 0.15) is 0 Å². The molecule has 43 heavy (non-hydrogen) atoms. The lowest BCUT2D eigenvalue weighted by molar-refractivity contribution is 0.0927. The van der Waals surface area contributed by atoms with Crippen molar-refractivity contribution >= 4 is 34.9 Å². The minimum Gasteiger partial charge on any atom is -0.348 e. The van der Waals surface area contributed by atoms with Gasteiger partial charge in [-0.15, -0.1) is 5.10 Å². The van der Waals surface area contributed by atoms with E-state index >= 15 is 0 Å². The highest BCUT2D eigenvalue weighted by molar-refractivity contribution is 5.95. The number of nitrogens with one attached hydrogen (secondary N) is 4. The minimum absolute atomic E-state index is 0.0271. The largest absolute Gasteiger partial charge is 0.348 e. The number of hydrogen-bond acceptors (Lipinski definition) is 8. The van der Waals surface area contributed by atoms with Gasteiger partial charge in [0.25, 0.3) is 11.8 Å². The molecule has 2 aliphatic heterocycles. The molecule has 0 radical (unpaired) electrons. The molecule has 2 amide bonds. The Morgan fingerprint density at radius 1 is 0.930 bits per heavy atom. The number of anilines is 3. The molecule has 2 aromatic heterocycles. The lowest BCUT2D eigenvalue weighted by Crippen LogP contribution is -2.48. The van der Waals surface area contributed by atoms with E-state index in [0.717, 1.165) is 44.6 Å². The van der Waals surface area contributed by atoms with Crippen molar-refractivity contribution in [3.8, 4) is 0 Å². The summed E-state index contributed by atoms with van der Waals surface area (Å²) in [6, 6.07) is 15.3. The first kappa shape index (κ1) is 28.6. The second-order valence-electron chi connectivity index (χ2n) is 12.4. The van der Waals surface area contributed by atoms with E-state index in [1.807, 2.05) is 36.4 Å². The molecule has 0 saturated carbocycles. The molecule has 4 N–H and O–H groups in total. The van der Waals surface area contributed by atoms with Crippen LogP contribution in [0.1, 0.15) is 66.3 Å². The quantitative estimate of drug-likeness (QED) is 0.260. The molecule has 2 aromatic carbocycles. The molecule has 0 unspecified atom stereocenters. The number of aromatic nitrogens is 4. The number of carbonyl (C=O) groups excluding carboxylic acids is 2. The molecule has 2 saturated heterocycles. The third-order valence-electron chi connectivity index (χ3n) is 8.10. The van der Waals surface area contributed by atoms with Crippen molar-refractivity contribution in [1.29, 1.82) is 0 Å². The molecule has 224 valence electrons. The summed E-state index contributed by atoms with van der Waals surface area (Å²) >= 11 is 0. The third-order valence-corrected chi connectivity index (χ3v) is 8.10. The summed E-state index contributed by atoms with van der Waals surface area (Å²) in [5.74, 6) is 0.976. The van der Waals surface area contributed by atoms with Crippen molar-refractivity contribution in [2.24, 2.45) is 0 Å². The van der Waals surface area contributed by atoms with Crippen LogP contribution in [0, 0.1) is 0 Å². The van der Waals surface area contributed by atoms with Gasteiger partial charge in [-0.25, -0.2) is 9.50 Å². The highest BCUT2D eigenvalue weighted by atomic mass is 16.2. The topological polar surface area (TPSA) is 129 Å². The van der Waals surface area contributed by atoms with Crippen molar-refractivity contribution in [2.75, 3.05) is 36.4 Å². The Morgan fingerprint density at radius 2 is 1.63 bits per heavy atom. The zero-order chi connectivity index (χ0) is 30.0. The van der Waals surface area contributed by atoms with E-state index in [9.17, 15) is 9.59 Å². The number of piperidine rings is 1. The van der Waals surface area contributed by atoms with E-state index in [-0.39, 0.29) is 29.3 Å². The van der Waals surface area contributed by atoms with Crippen LogP contribution < -0.4 is 26.2 Å². The molecule has 2 aliphatic rings. The Morgan fingerprint density at radius 3 is 2.30 bits per heavy atom. The normalized spacial score (nSPS) is 18.9. The minimum atomic E-state index is -0.0751. The van der Waals surface area contributed by atoms with Gasteiger partial charge >= 0.3 is 0 Å². The molecule has 2 atom stereocenters. The van der Waals surface area contributed by atoms with Crippen LogP contribution in [0.25, 0.3) is 5.65 Å². The van der Waals surface area contributed by atoms with Crippen LogP contribution in [0.15, 0.2) is 60.9 Å². The van der Waals surface area contributed by atoms with Crippen LogP contribution in [-0.4, -0.2) is 69.7 Å². The second-order valence-corrected chi connectivity index (χ2v) is 12.4. The fourth-order valence-electron chi connectivity index (χ4n) is 5.59. The average Bonchev–Trinajstić information content (AvgIpc) is 3.70. The van der Waals surface area contributed by atoms with Gasteiger partial charge in [0.05, 0.1) is 0 Å². The van der Waals surface area contributed by atoms with Crippen molar-refractivity contribution in [3.63, 3.8) is 0 Å². The zero-order valence-electron chi connectivity index (χ0n) is 24.9. The highest BCUT2D eigenvalue weighted by Crippen LogP contribution is 2.25. The van der Waals surface area contributed by atoms with Crippen molar-refractivity contribution in [1.82, 2.24) is 35.5 Å². The average molecular weight is 582 g/mol. The molecule has 11 nitrogen and oxygen atoms in total. The van der Waals surface area contributed by atoms with Crippen LogP contribution in [-0.2, 0) is 5.41 Å². The Kier molecular flexibility index (Phi) is 7.98. The summed E-state index contributed by atoms with van der Waals surface area (Å²) in [6.45, 7) is 9.60. The summed E-state index contributed by atoms with van der Waals surface area (Å²) in [4.78, 5) is 37.1. The lowest BCUT2D eigenvalue weighted by Gasteiger charge is -2.33. The van der Waals surface area contributed by atoms with E-state index in [2.05, 4.69) is 51.9 Å². The maximum Gasteiger partial charge on any atom is 0.251 e. The van der Waals surface area contributed by atoms with Crippen molar-refractivity contribution in [3.05, 3.63) is 77.6 Å². The fraction of sp³-hybridized carbons (Fsp3) is 0.406. The Labute approximate surface area is 251 Å². The Bertz CT molecular complexity index is 1590. The Hall–Kier alpha value is -4.51. The number of benzene rings is 2. The van der Waals surface area contributed by atoms with E-state index in [1.54, 1.807) is 29.0 Å². The van der Waals surface area contributed by atoms with Gasteiger partial charge in [0.15, 0.2) is 11.5 Å². The number of hydrogen-bond donors (Lipinski definition) is 4. The van der Waals surface area contributed by atoms with Crippen molar-refractivity contribution < 1.29 is 9.59 Å².